The number of hydrogen-bond acceptors (Lipinski definition) is 12. The second-order valence-corrected chi connectivity index (χ2v) is 11.5. The minimum atomic E-state index is -0.143. The van der Waals surface area contributed by atoms with Gasteiger partial charge in [0.25, 0.3) is 5.13 Å². The summed E-state index contributed by atoms with van der Waals surface area (Å²) in [6.45, 7) is 6.09. The van der Waals surface area contributed by atoms with Gasteiger partial charge in [0.15, 0.2) is 20.2 Å². The Labute approximate surface area is 206 Å². The summed E-state index contributed by atoms with van der Waals surface area (Å²) in [5, 5.41) is 28.3. The highest BCUT2D eigenvalue weighted by atomic mass is 32.2. The maximum Gasteiger partial charge on any atom is 0.323 e. The van der Waals surface area contributed by atoms with Gasteiger partial charge in [-0.1, -0.05) is 47.9 Å². The first-order valence-electron chi connectivity index (χ1n) is 9.95. The van der Waals surface area contributed by atoms with Crippen LogP contribution in [0.2, 0.25) is 0 Å². The van der Waals surface area contributed by atoms with Crippen molar-refractivity contribution in [3.8, 4) is 5.69 Å². The van der Waals surface area contributed by atoms with Crippen molar-refractivity contribution >= 4 is 62.8 Å². The normalized spacial score (nSPS) is 11.6. The van der Waals surface area contributed by atoms with Crippen LogP contribution in [0, 0.1) is 13.8 Å². The highest BCUT2D eigenvalue weighted by molar-refractivity contribution is 8.04. The van der Waals surface area contributed by atoms with Crippen molar-refractivity contribution in [2.75, 3.05) is 17.2 Å². The predicted octanol–water partition coefficient (Wildman–Crippen LogP) is 4.93. The van der Waals surface area contributed by atoms with Gasteiger partial charge in [0.1, 0.15) is 0 Å². The van der Waals surface area contributed by atoms with E-state index in [1.54, 1.807) is 16.4 Å². The summed E-state index contributed by atoms with van der Waals surface area (Å²) in [7, 11) is 0. The van der Waals surface area contributed by atoms with E-state index in [1.165, 1.54) is 23.1 Å². The molecule has 10 nitrogen and oxygen atoms in total. The van der Waals surface area contributed by atoms with E-state index in [1.807, 2.05) is 32.9 Å². The average molecular weight is 520 g/mol. The molecule has 14 heteroatoms. The van der Waals surface area contributed by atoms with E-state index < -0.39 is 0 Å². The minimum Gasteiger partial charge on any atom is -0.382 e. The van der Waals surface area contributed by atoms with Crippen LogP contribution in [0.15, 0.2) is 41.9 Å². The van der Waals surface area contributed by atoms with Gasteiger partial charge in [-0.2, -0.15) is 10.2 Å². The summed E-state index contributed by atoms with van der Waals surface area (Å²) >= 11 is 5.58. The Hall–Kier alpha value is -2.55. The van der Waals surface area contributed by atoms with Gasteiger partial charge in [-0.05, 0) is 54.9 Å². The number of aryl methyl sites for hydroxylation is 3. The zero-order valence-electron chi connectivity index (χ0n) is 18.1. The number of thioether (sulfide) groups is 2. The van der Waals surface area contributed by atoms with Crippen molar-refractivity contribution in [1.82, 2.24) is 30.2 Å². The van der Waals surface area contributed by atoms with Crippen LogP contribution in [0.3, 0.4) is 0 Å². The summed E-state index contributed by atoms with van der Waals surface area (Å²) in [4.78, 5) is 11.0. The maximum atomic E-state index is 11.1. The molecule has 172 valence electrons. The van der Waals surface area contributed by atoms with E-state index in [9.17, 15) is 4.79 Å². The van der Waals surface area contributed by atoms with Crippen molar-refractivity contribution in [2.45, 2.75) is 35.9 Å². The van der Waals surface area contributed by atoms with Gasteiger partial charge in [-0.25, -0.2) is 9.78 Å². The molecule has 0 radical (unpaired) electrons. The smallest absolute Gasteiger partial charge is 0.323 e. The van der Waals surface area contributed by atoms with E-state index in [0.717, 1.165) is 54.0 Å². The molecule has 0 saturated carbocycles. The van der Waals surface area contributed by atoms with Gasteiger partial charge < -0.3 is 5.73 Å². The Kier molecular flexibility index (Phi) is 7.57. The number of H-pyrrole nitrogens is 1. The van der Waals surface area contributed by atoms with E-state index in [0.29, 0.717) is 23.1 Å². The molecular weight excluding hydrogens is 499 g/mol. The third-order valence-electron chi connectivity index (χ3n) is 4.34. The molecule has 0 atom stereocenters. The number of rotatable bonds is 9. The van der Waals surface area contributed by atoms with E-state index >= 15 is 0 Å². The van der Waals surface area contributed by atoms with Crippen molar-refractivity contribution in [3.05, 3.63) is 44.7 Å². The SMILES string of the molecule is CCc1nn(-c2cc(C)cc(C)c2)c(N)c1N=Nc1nnc(SCCSc2n[nH]c(=O)s2)s1. The quantitative estimate of drug-likeness (QED) is 0.180. The number of nitrogens with one attached hydrogen (secondary N) is 1. The molecule has 4 aromatic rings. The van der Waals surface area contributed by atoms with Gasteiger partial charge in [0, 0.05) is 11.5 Å². The zero-order valence-corrected chi connectivity index (χ0v) is 21.4. The number of aromatic nitrogens is 6. The van der Waals surface area contributed by atoms with Crippen molar-refractivity contribution < 1.29 is 0 Å². The minimum absolute atomic E-state index is 0.143. The number of anilines is 1. The largest absolute Gasteiger partial charge is 0.382 e. The molecule has 0 unspecified atom stereocenters. The number of aromatic amines is 1. The van der Waals surface area contributed by atoms with Crippen LogP contribution in [0.4, 0.5) is 16.6 Å². The number of hydrogen-bond donors (Lipinski definition) is 2. The second kappa shape index (κ2) is 10.6. The van der Waals surface area contributed by atoms with Crippen LogP contribution in [0.1, 0.15) is 23.7 Å². The second-order valence-electron chi connectivity index (χ2n) is 6.92. The molecule has 0 amide bonds. The fraction of sp³-hybridized carbons (Fsp3) is 0.316. The lowest BCUT2D eigenvalue weighted by Gasteiger charge is -2.06. The maximum absolute atomic E-state index is 11.1. The van der Waals surface area contributed by atoms with E-state index in [2.05, 4.69) is 41.8 Å². The van der Waals surface area contributed by atoms with Crippen LogP contribution >= 0.6 is 46.2 Å². The molecule has 0 aliphatic heterocycles. The first kappa shape index (κ1) is 23.6. The van der Waals surface area contributed by atoms with Crippen LogP contribution in [-0.4, -0.2) is 41.7 Å². The van der Waals surface area contributed by atoms with Crippen LogP contribution in [-0.2, 0) is 6.42 Å². The average Bonchev–Trinajstić information content (AvgIpc) is 3.48. The topological polar surface area (TPSA) is 140 Å². The highest BCUT2D eigenvalue weighted by Gasteiger charge is 2.16. The third kappa shape index (κ3) is 5.88. The zero-order chi connectivity index (χ0) is 23.4. The molecule has 0 aliphatic carbocycles. The summed E-state index contributed by atoms with van der Waals surface area (Å²) < 4.78 is 3.25. The van der Waals surface area contributed by atoms with E-state index in [-0.39, 0.29) is 4.87 Å². The van der Waals surface area contributed by atoms with Crippen molar-refractivity contribution in [1.29, 1.82) is 0 Å². The standard InChI is InChI=1S/C19H21N9OS4/c1-4-13-14(15(20)28(27-13)12-8-10(2)7-11(3)9-12)21-22-16-23-25-18(32-16)30-5-6-31-19-26-24-17(29)33-19/h7-9H,4-6,20H2,1-3H3,(H,24,29). The monoisotopic (exact) mass is 519 g/mol. The Morgan fingerprint density at radius 3 is 2.45 bits per heavy atom. The molecule has 0 spiro atoms. The predicted molar refractivity (Wildman–Crippen MR) is 135 cm³/mol. The van der Waals surface area contributed by atoms with Gasteiger partial charge >= 0.3 is 4.87 Å². The Morgan fingerprint density at radius 2 is 1.79 bits per heavy atom. The van der Waals surface area contributed by atoms with Crippen LogP contribution < -0.4 is 10.6 Å². The molecule has 33 heavy (non-hydrogen) atoms. The number of nitrogen functional groups attached to an aromatic ring is 1. The Balaban J connectivity index is 1.43. The lowest BCUT2D eigenvalue weighted by atomic mass is 10.1. The van der Waals surface area contributed by atoms with Gasteiger partial charge in [0.2, 0.25) is 0 Å². The van der Waals surface area contributed by atoms with Gasteiger partial charge in [0.05, 0.1) is 11.4 Å². The molecule has 3 N–H and O–H groups in total. The first-order chi connectivity index (χ1) is 15.9. The summed E-state index contributed by atoms with van der Waals surface area (Å²) in [6, 6.07) is 6.18. The Bertz CT molecular complexity index is 1320. The van der Waals surface area contributed by atoms with Gasteiger partial charge in [-0.15, -0.1) is 20.4 Å². The fourth-order valence-corrected chi connectivity index (χ4v) is 6.41. The lowest BCUT2D eigenvalue weighted by Crippen LogP contribution is -2.02. The van der Waals surface area contributed by atoms with Crippen LogP contribution in [0.25, 0.3) is 5.69 Å². The number of azo groups is 1. The number of nitrogens with zero attached hydrogens (tertiary/aromatic N) is 7. The molecule has 4 rings (SSSR count). The van der Waals surface area contributed by atoms with E-state index in [4.69, 9.17) is 5.73 Å². The van der Waals surface area contributed by atoms with Gasteiger partial charge in [-0.3, -0.25) is 4.79 Å². The third-order valence-corrected chi connectivity index (χ3v) is 8.43. The lowest BCUT2D eigenvalue weighted by molar-refractivity contribution is 0.847. The highest BCUT2D eigenvalue weighted by Crippen LogP contribution is 2.34. The number of benzene rings is 1. The summed E-state index contributed by atoms with van der Waals surface area (Å²) in [5.74, 6) is 2.05. The molecule has 0 bridgehead atoms. The molecule has 3 aromatic heterocycles. The summed E-state index contributed by atoms with van der Waals surface area (Å²) in [5.41, 5.74) is 10.9. The molecule has 0 fully saturated rings. The first-order valence-corrected chi connectivity index (χ1v) is 13.6. The Morgan fingerprint density at radius 1 is 1.06 bits per heavy atom. The molecule has 1 aromatic carbocycles. The fourth-order valence-electron chi connectivity index (χ4n) is 3.02. The molecule has 3 heterocycles. The molecule has 0 saturated heterocycles. The molecular formula is C19H21N9OS4. The van der Waals surface area contributed by atoms with Crippen molar-refractivity contribution in [2.24, 2.45) is 10.2 Å². The molecule has 0 aliphatic rings. The van der Waals surface area contributed by atoms with Crippen molar-refractivity contribution in [3.63, 3.8) is 0 Å². The number of nitrogens with two attached hydrogens (primary N) is 1. The summed E-state index contributed by atoms with van der Waals surface area (Å²) in [6.07, 6.45) is 0.677. The van der Waals surface area contributed by atoms with Crippen LogP contribution in [0.5, 0.6) is 0 Å².